The normalized spacial score (nSPS) is 14.0. The number of rotatable bonds is 4. The molecule has 0 aliphatic carbocycles. The highest BCUT2D eigenvalue weighted by Crippen LogP contribution is 2.23. The van der Waals surface area contributed by atoms with Gasteiger partial charge in [-0.25, -0.2) is 0 Å². The molecular weight excluding hydrogens is 184 g/mol. The van der Waals surface area contributed by atoms with Crippen molar-refractivity contribution in [2.45, 2.75) is 20.0 Å². The molecule has 1 atom stereocenters. The summed E-state index contributed by atoms with van der Waals surface area (Å²) >= 11 is 0. The van der Waals surface area contributed by atoms with Crippen LogP contribution in [0, 0.1) is 5.92 Å². The van der Waals surface area contributed by atoms with Gasteiger partial charge in [0.05, 0.1) is 6.10 Å². The lowest BCUT2D eigenvalue weighted by Gasteiger charge is -2.18. The van der Waals surface area contributed by atoms with E-state index in [9.17, 15) is 5.11 Å². The highest BCUT2D eigenvalue weighted by atomic mass is 16.3. The molecule has 0 heterocycles. The van der Waals surface area contributed by atoms with Gasteiger partial charge in [-0.2, -0.15) is 0 Å². The minimum atomic E-state index is -0.439. The van der Waals surface area contributed by atoms with Crippen molar-refractivity contribution < 1.29 is 5.11 Å². The maximum absolute atomic E-state index is 10.1. The van der Waals surface area contributed by atoms with E-state index < -0.39 is 6.10 Å². The van der Waals surface area contributed by atoms with E-state index in [0.29, 0.717) is 0 Å². The fourth-order valence-electron chi connectivity index (χ4n) is 1.48. The van der Waals surface area contributed by atoms with Crippen LogP contribution in [-0.4, -0.2) is 11.2 Å². The van der Waals surface area contributed by atoms with Crippen molar-refractivity contribution in [2.24, 2.45) is 5.92 Å². The van der Waals surface area contributed by atoms with Crippen LogP contribution in [0.25, 0.3) is 5.57 Å². The smallest absolute Gasteiger partial charge is 0.0818 e. The van der Waals surface area contributed by atoms with E-state index in [4.69, 9.17) is 0 Å². The average Bonchev–Trinajstić information content (AvgIpc) is 2.26. The zero-order chi connectivity index (χ0) is 11.3. The molecule has 0 amide bonds. The van der Waals surface area contributed by atoms with Gasteiger partial charge in [-0.05, 0) is 17.1 Å². The lowest BCUT2D eigenvalue weighted by molar-refractivity contribution is 0.181. The van der Waals surface area contributed by atoms with Crippen molar-refractivity contribution in [2.75, 3.05) is 0 Å². The summed E-state index contributed by atoms with van der Waals surface area (Å²) in [6.45, 7) is 7.69. The Balaban J connectivity index is 3.04. The topological polar surface area (TPSA) is 20.2 Å². The summed E-state index contributed by atoms with van der Waals surface area (Å²) < 4.78 is 0. The lowest BCUT2D eigenvalue weighted by Crippen LogP contribution is -2.16. The first-order chi connectivity index (χ1) is 7.16. The van der Waals surface area contributed by atoms with Crippen LogP contribution < -0.4 is 0 Å². The molecule has 1 rings (SSSR count). The molecule has 0 aliphatic heterocycles. The van der Waals surface area contributed by atoms with Gasteiger partial charge >= 0.3 is 0 Å². The Kier molecular flexibility index (Phi) is 4.32. The number of aliphatic hydroxyl groups excluding tert-OH is 1. The molecule has 1 N–H and O–H groups in total. The van der Waals surface area contributed by atoms with E-state index in [1.807, 2.05) is 50.3 Å². The van der Waals surface area contributed by atoms with E-state index in [-0.39, 0.29) is 5.92 Å². The summed E-state index contributed by atoms with van der Waals surface area (Å²) in [5, 5.41) is 10.1. The molecule has 1 aromatic carbocycles. The van der Waals surface area contributed by atoms with Crippen molar-refractivity contribution in [1.82, 2.24) is 0 Å². The first-order valence-corrected chi connectivity index (χ1v) is 5.23. The average molecular weight is 202 g/mol. The first-order valence-electron chi connectivity index (χ1n) is 5.23. The molecule has 0 saturated carbocycles. The van der Waals surface area contributed by atoms with Crippen LogP contribution in [0.2, 0.25) is 0 Å². The third-order valence-corrected chi connectivity index (χ3v) is 2.35. The van der Waals surface area contributed by atoms with E-state index >= 15 is 0 Å². The molecule has 0 unspecified atom stereocenters. The molecule has 0 fully saturated rings. The Bertz CT molecular complexity index is 336. The van der Waals surface area contributed by atoms with Crippen LogP contribution in [0.1, 0.15) is 19.4 Å². The molecular formula is C14H18O. The number of hydrogen-bond acceptors (Lipinski definition) is 1. The largest absolute Gasteiger partial charge is 0.388 e. The molecule has 0 spiro atoms. The zero-order valence-electron chi connectivity index (χ0n) is 9.35. The quantitative estimate of drug-likeness (QED) is 0.743. The van der Waals surface area contributed by atoms with Crippen molar-refractivity contribution in [1.29, 1.82) is 0 Å². The number of aliphatic hydroxyl groups is 1. The molecule has 0 bridgehead atoms. The van der Waals surface area contributed by atoms with Gasteiger partial charge in [0.1, 0.15) is 0 Å². The van der Waals surface area contributed by atoms with Crippen LogP contribution >= 0.6 is 0 Å². The number of hydrogen-bond donors (Lipinski definition) is 1. The van der Waals surface area contributed by atoms with Crippen LogP contribution in [0.3, 0.4) is 0 Å². The zero-order valence-corrected chi connectivity index (χ0v) is 9.35. The Hall–Kier alpha value is -1.34. The van der Waals surface area contributed by atoms with Gasteiger partial charge in [0, 0.05) is 0 Å². The van der Waals surface area contributed by atoms with Crippen LogP contribution in [0.5, 0.6) is 0 Å². The van der Waals surface area contributed by atoms with Gasteiger partial charge in [-0.1, -0.05) is 62.9 Å². The maximum Gasteiger partial charge on any atom is 0.0818 e. The summed E-state index contributed by atoms with van der Waals surface area (Å²) in [7, 11) is 0. The molecule has 0 radical (unpaired) electrons. The van der Waals surface area contributed by atoms with E-state index in [1.54, 1.807) is 6.08 Å². The van der Waals surface area contributed by atoms with Gasteiger partial charge < -0.3 is 5.11 Å². The van der Waals surface area contributed by atoms with Crippen LogP contribution in [0.15, 0.2) is 49.1 Å². The molecule has 0 saturated heterocycles. The Labute approximate surface area is 91.8 Å². The van der Waals surface area contributed by atoms with Gasteiger partial charge in [0.2, 0.25) is 0 Å². The molecule has 1 heteroatoms. The fourth-order valence-corrected chi connectivity index (χ4v) is 1.48. The van der Waals surface area contributed by atoms with E-state index in [0.717, 1.165) is 11.1 Å². The second-order valence-electron chi connectivity index (χ2n) is 3.91. The SMILES string of the molecule is C=C/C=C(\c1ccccc1)[C@@H](O)C(C)C. The molecule has 0 aromatic heterocycles. The fraction of sp³-hybridized carbons (Fsp3) is 0.286. The Morgan fingerprint density at radius 1 is 1.27 bits per heavy atom. The Morgan fingerprint density at radius 3 is 2.33 bits per heavy atom. The molecule has 15 heavy (non-hydrogen) atoms. The summed E-state index contributed by atoms with van der Waals surface area (Å²) in [4.78, 5) is 0. The molecule has 80 valence electrons. The van der Waals surface area contributed by atoms with Gasteiger partial charge in [0.15, 0.2) is 0 Å². The van der Waals surface area contributed by atoms with Crippen molar-refractivity contribution in [3.05, 3.63) is 54.6 Å². The summed E-state index contributed by atoms with van der Waals surface area (Å²) in [5.74, 6) is 0.205. The molecule has 1 nitrogen and oxygen atoms in total. The standard InChI is InChI=1S/C14H18O/c1-4-8-13(14(15)11(2)3)12-9-6-5-7-10-12/h4-11,14-15H,1H2,2-3H3/b13-8+/t14-/m0/s1. The highest BCUT2D eigenvalue weighted by molar-refractivity contribution is 5.70. The summed E-state index contributed by atoms with van der Waals surface area (Å²) in [6, 6.07) is 9.91. The number of benzene rings is 1. The molecule has 0 aliphatic rings. The Morgan fingerprint density at radius 2 is 1.87 bits per heavy atom. The van der Waals surface area contributed by atoms with Gasteiger partial charge in [0.25, 0.3) is 0 Å². The van der Waals surface area contributed by atoms with Gasteiger partial charge in [-0.15, -0.1) is 0 Å². The monoisotopic (exact) mass is 202 g/mol. The third kappa shape index (κ3) is 3.07. The van der Waals surface area contributed by atoms with Crippen molar-refractivity contribution in [3.63, 3.8) is 0 Å². The highest BCUT2D eigenvalue weighted by Gasteiger charge is 2.15. The van der Waals surface area contributed by atoms with Crippen LogP contribution in [-0.2, 0) is 0 Å². The summed E-state index contributed by atoms with van der Waals surface area (Å²) in [5.41, 5.74) is 1.99. The van der Waals surface area contributed by atoms with E-state index in [1.165, 1.54) is 0 Å². The number of allylic oxidation sites excluding steroid dienone is 2. The van der Waals surface area contributed by atoms with Gasteiger partial charge in [-0.3, -0.25) is 0 Å². The second-order valence-corrected chi connectivity index (χ2v) is 3.91. The predicted molar refractivity (Wildman–Crippen MR) is 65.5 cm³/mol. The molecule has 1 aromatic rings. The maximum atomic E-state index is 10.1. The first kappa shape index (κ1) is 11.7. The van der Waals surface area contributed by atoms with E-state index in [2.05, 4.69) is 6.58 Å². The van der Waals surface area contributed by atoms with Crippen molar-refractivity contribution >= 4 is 5.57 Å². The van der Waals surface area contributed by atoms with Crippen molar-refractivity contribution in [3.8, 4) is 0 Å². The predicted octanol–water partition coefficient (Wildman–Crippen LogP) is 3.27. The second kappa shape index (κ2) is 5.52. The third-order valence-electron chi connectivity index (χ3n) is 2.35. The minimum Gasteiger partial charge on any atom is -0.388 e. The lowest BCUT2D eigenvalue weighted by atomic mass is 9.93. The van der Waals surface area contributed by atoms with Crippen LogP contribution in [0.4, 0.5) is 0 Å². The summed E-state index contributed by atoms with van der Waals surface area (Å²) in [6.07, 6.45) is 3.15. The minimum absolute atomic E-state index is 0.205.